The second-order valence-corrected chi connectivity index (χ2v) is 7.60. The van der Waals surface area contributed by atoms with E-state index in [-0.39, 0.29) is 36.2 Å². The molecule has 2 saturated heterocycles. The maximum absolute atomic E-state index is 12.6. The van der Waals surface area contributed by atoms with Crippen LogP contribution in [0.5, 0.6) is 0 Å². The normalized spacial score (nSPS) is 22.0. The van der Waals surface area contributed by atoms with Crippen molar-refractivity contribution in [2.24, 2.45) is 0 Å². The molecule has 1 aromatic carbocycles. The predicted octanol–water partition coefficient (Wildman–Crippen LogP) is 3.87. The Hall–Kier alpha value is -1.72. The highest BCUT2D eigenvalue weighted by molar-refractivity contribution is 5.85. The molecule has 0 radical (unpaired) electrons. The lowest BCUT2D eigenvalue weighted by molar-refractivity contribution is 0.00447. The van der Waals surface area contributed by atoms with E-state index in [1.54, 1.807) is 0 Å². The van der Waals surface area contributed by atoms with E-state index in [2.05, 4.69) is 54.6 Å². The van der Waals surface area contributed by atoms with Crippen LogP contribution in [0.1, 0.15) is 38.7 Å². The Labute approximate surface area is 160 Å². The van der Waals surface area contributed by atoms with E-state index >= 15 is 0 Å². The molecule has 2 fully saturated rings. The van der Waals surface area contributed by atoms with Crippen molar-refractivity contribution in [3.8, 4) is 0 Å². The standard InChI is InChI=1S/C20H27N3O2.ClH/c1-14(2)23-18(20(25-19(23)24)9-11-21-12-10-20)8-7-15-13-22-17-6-4-3-5-16(15)17;/h3-6,13-14,18,21-22H,7-12H2,1-2H3;1H. The van der Waals surface area contributed by atoms with E-state index in [1.807, 2.05) is 4.90 Å². The van der Waals surface area contributed by atoms with Crippen LogP contribution >= 0.6 is 12.4 Å². The van der Waals surface area contributed by atoms with Gasteiger partial charge in [-0.15, -0.1) is 12.4 Å². The summed E-state index contributed by atoms with van der Waals surface area (Å²) in [6.45, 7) is 6.01. The summed E-state index contributed by atoms with van der Waals surface area (Å²) in [6.07, 6.45) is 5.66. The molecule has 6 heteroatoms. The fourth-order valence-electron chi connectivity index (χ4n) is 4.56. The van der Waals surface area contributed by atoms with Gasteiger partial charge < -0.3 is 15.0 Å². The van der Waals surface area contributed by atoms with Gasteiger partial charge in [0.1, 0.15) is 5.60 Å². The molecule has 3 heterocycles. The lowest BCUT2D eigenvalue weighted by Gasteiger charge is -2.39. The molecule has 0 saturated carbocycles. The number of para-hydroxylation sites is 1. The molecule has 2 aromatic rings. The number of piperidine rings is 1. The van der Waals surface area contributed by atoms with Gasteiger partial charge in [0.05, 0.1) is 6.04 Å². The second kappa shape index (κ2) is 7.49. The highest BCUT2D eigenvalue weighted by atomic mass is 35.5. The van der Waals surface area contributed by atoms with Crippen molar-refractivity contribution in [3.05, 3.63) is 36.0 Å². The highest BCUT2D eigenvalue weighted by Gasteiger charge is 2.54. The Morgan fingerprint density at radius 1 is 1.27 bits per heavy atom. The molecule has 1 spiro atoms. The minimum Gasteiger partial charge on any atom is -0.440 e. The predicted molar refractivity (Wildman–Crippen MR) is 106 cm³/mol. The lowest BCUT2D eigenvalue weighted by Crippen LogP contribution is -2.53. The zero-order chi connectivity index (χ0) is 17.4. The minimum absolute atomic E-state index is 0. The number of aromatic amines is 1. The van der Waals surface area contributed by atoms with Gasteiger partial charge >= 0.3 is 6.09 Å². The first-order chi connectivity index (χ1) is 12.1. The molecule has 1 atom stereocenters. The van der Waals surface area contributed by atoms with Crippen LogP contribution < -0.4 is 5.32 Å². The van der Waals surface area contributed by atoms with Crippen molar-refractivity contribution in [3.63, 3.8) is 0 Å². The van der Waals surface area contributed by atoms with Gasteiger partial charge in [-0.1, -0.05) is 18.2 Å². The van der Waals surface area contributed by atoms with Crippen LogP contribution in [0.25, 0.3) is 10.9 Å². The minimum atomic E-state index is -0.321. The number of aryl methyl sites for hydroxylation is 1. The van der Waals surface area contributed by atoms with Crippen molar-refractivity contribution in [2.45, 2.75) is 57.2 Å². The number of halogens is 1. The van der Waals surface area contributed by atoms with Crippen LogP contribution in [0.3, 0.4) is 0 Å². The quantitative estimate of drug-likeness (QED) is 0.850. The van der Waals surface area contributed by atoms with E-state index in [4.69, 9.17) is 4.74 Å². The average Bonchev–Trinajstić information content (AvgIpc) is 3.12. The van der Waals surface area contributed by atoms with E-state index in [0.29, 0.717) is 0 Å². The number of rotatable bonds is 4. The molecule has 0 bridgehead atoms. The van der Waals surface area contributed by atoms with E-state index in [1.165, 1.54) is 16.5 Å². The second-order valence-electron chi connectivity index (χ2n) is 7.60. The van der Waals surface area contributed by atoms with Gasteiger partial charge in [0.25, 0.3) is 0 Å². The number of hydrogen-bond acceptors (Lipinski definition) is 3. The van der Waals surface area contributed by atoms with Crippen LogP contribution in [0.2, 0.25) is 0 Å². The number of benzene rings is 1. The first-order valence-corrected chi connectivity index (χ1v) is 9.38. The number of hydrogen-bond donors (Lipinski definition) is 2. The van der Waals surface area contributed by atoms with Crippen LogP contribution in [0, 0.1) is 0 Å². The fourth-order valence-corrected chi connectivity index (χ4v) is 4.56. The van der Waals surface area contributed by atoms with Crippen LogP contribution in [-0.4, -0.2) is 46.8 Å². The van der Waals surface area contributed by atoms with Gasteiger partial charge in [0.2, 0.25) is 0 Å². The van der Waals surface area contributed by atoms with Gasteiger partial charge in [-0.2, -0.15) is 0 Å². The third-order valence-electron chi connectivity index (χ3n) is 5.81. The third-order valence-corrected chi connectivity index (χ3v) is 5.81. The molecule has 5 nitrogen and oxygen atoms in total. The van der Waals surface area contributed by atoms with Crippen molar-refractivity contribution < 1.29 is 9.53 Å². The summed E-state index contributed by atoms with van der Waals surface area (Å²) in [5, 5.41) is 4.68. The fraction of sp³-hybridized carbons (Fsp3) is 0.550. The average molecular weight is 378 g/mol. The number of aromatic nitrogens is 1. The summed E-state index contributed by atoms with van der Waals surface area (Å²) >= 11 is 0. The molecule has 0 aliphatic carbocycles. The topological polar surface area (TPSA) is 57.4 Å². The van der Waals surface area contributed by atoms with Crippen molar-refractivity contribution in [1.82, 2.24) is 15.2 Å². The summed E-state index contributed by atoms with van der Waals surface area (Å²) in [6, 6.07) is 8.71. The maximum atomic E-state index is 12.6. The first kappa shape index (κ1) is 19.1. The van der Waals surface area contributed by atoms with E-state index in [0.717, 1.165) is 38.8 Å². The Bertz CT molecular complexity index is 767. The van der Waals surface area contributed by atoms with E-state index < -0.39 is 0 Å². The molecule has 142 valence electrons. The van der Waals surface area contributed by atoms with Crippen LogP contribution in [0.15, 0.2) is 30.5 Å². The molecular formula is C20H28ClN3O2. The SMILES string of the molecule is CC(C)N1C(=O)OC2(CCNCC2)C1CCc1c[nH]c2ccccc12.Cl. The van der Waals surface area contributed by atoms with Gasteiger partial charge in [0.15, 0.2) is 0 Å². The molecule has 2 aliphatic rings. The maximum Gasteiger partial charge on any atom is 0.411 e. The highest BCUT2D eigenvalue weighted by Crippen LogP contribution is 2.40. The first-order valence-electron chi connectivity index (χ1n) is 9.38. The molecular weight excluding hydrogens is 350 g/mol. The smallest absolute Gasteiger partial charge is 0.411 e. The molecule has 2 N–H and O–H groups in total. The Balaban J connectivity index is 0.00000196. The lowest BCUT2D eigenvalue weighted by atomic mass is 9.81. The third kappa shape index (κ3) is 3.19. The summed E-state index contributed by atoms with van der Waals surface area (Å²) < 4.78 is 5.97. The van der Waals surface area contributed by atoms with Gasteiger partial charge in [-0.25, -0.2) is 4.79 Å². The van der Waals surface area contributed by atoms with Crippen molar-refractivity contribution >= 4 is 29.4 Å². The number of fused-ring (bicyclic) bond motifs is 1. The summed E-state index contributed by atoms with van der Waals surface area (Å²) in [5.41, 5.74) is 2.18. The molecule has 1 aromatic heterocycles. The van der Waals surface area contributed by atoms with Gasteiger partial charge in [-0.3, -0.25) is 4.90 Å². The summed E-state index contributed by atoms with van der Waals surface area (Å²) in [7, 11) is 0. The van der Waals surface area contributed by atoms with Crippen molar-refractivity contribution in [1.29, 1.82) is 0 Å². The number of carbonyl (C=O) groups excluding carboxylic acids is 1. The molecule has 4 rings (SSSR count). The number of ether oxygens (including phenoxy) is 1. The number of H-pyrrole nitrogens is 1. The monoisotopic (exact) mass is 377 g/mol. The summed E-state index contributed by atoms with van der Waals surface area (Å²) in [5.74, 6) is 0. The summed E-state index contributed by atoms with van der Waals surface area (Å²) in [4.78, 5) is 17.9. The molecule has 26 heavy (non-hydrogen) atoms. The largest absolute Gasteiger partial charge is 0.440 e. The molecule has 1 amide bonds. The van der Waals surface area contributed by atoms with E-state index in [9.17, 15) is 4.79 Å². The number of amides is 1. The number of nitrogens with one attached hydrogen (secondary N) is 2. The molecule has 1 unspecified atom stereocenters. The Kier molecular flexibility index (Phi) is 5.49. The zero-order valence-corrected chi connectivity index (χ0v) is 16.3. The Morgan fingerprint density at radius 2 is 2.00 bits per heavy atom. The zero-order valence-electron chi connectivity index (χ0n) is 15.5. The number of carbonyl (C=O) groups is 1. The van der Waals surface area contributed by atoms with Gasteiger partial charge in [-0.05, 0) is 51.4 Å². The Morgan fingerprint density at radius 3 is 2.73 bits per heavy atom. The van der Waals surface area contributed by atoms with Crippen molar-refractivity contribution in [2.75, 3.05) is 13.1 Å². The van der Waals surface area contributed by atoms with Crippen LogP contribution in [-0.2, 0) is 11.2 Å². The van der Waals surface area contributed by atoms with Gasteiger partial charge in [0, 0.05) is 36.0 Å². The molecule has 2 aliphatic heterocycles. The van der Waals surface area contributed by atoms with Crippen LogP contribution in [0.4, 0.5) is 4.79 Å². The number of nitrogens with zero attached hydrogens (tertiary/aromatic N) is 1.